The number of benzene rings is 2. The molecule has 4 nitrogen and oxygen atoms in total. The van der Waals surface area contributed by atoms with Crippen molar-refractivity contribution in [2.75, 3.05) is 11.9 Å². The van der Waals surface area contributed by atoms with Crippen molar-refractivity contribution in [2.24, 2.45) is 0 Å². The fourth-order valence-corrected chi connectivity index (χ4v) is 2.06. The van der Waals surface area contributed by atoms with Gasteiger partial charge in [-0.15, -0.1) is 0 Å². The molecular formula is C17H17FN2O2S. The van der Waals surface area contributed by atoms with Crippen molar-refractivity contribution in [3.8, 4) is 5.75 Å². The molecule has 0 saturated heterocycles. The Kier molecular flexibility index (Phi) is 6.05. The van der Waals surface area contributed by atoms with Gasteiger partial charge in [0.25, 0.3) is 5.91 Å². The number of amides is 1. The zero-order chi connectivity index (χ0) is 16.7. The third-order valence-electron chi connectivity index (χ3n) is 2.88. The Labute approximate surface area is 139 Å². The van der Waals surface area contributed by atoms with Gasteiger partial charge in [0, 0.05) is 11.3 Å². The summed E-state index contributed by atoms with van der Waals surface area (Å²) >= 11 is 5.06. The molecule has 0 aliphatic carbocycles. The van der Waals surface area contributed by atoms with E-state index in [4.69, 9.17) is 17.0 Å². The molecule has 0 unspecified atom stereocenters. The molecule has 0 aromatic heterocycles. The van der Waals surface area contributed by atoms with Crippen LogP contribution in [0.25, 0.3) is 0 Å². The van der Waals surface area contributed by atoms with Gasteiger partial charge in [-0.2, -0.15) is 0 Å². The van der Waals surface area contributed by atoms with Crippen LogP contribution in [0.5, 0.6) is 5.75 Å². The summed E-state index contributed by atoms with van der Waals surface area (Å²) < 4.78 is 18.6. The van der Waals surface area contributed by atoms with E-state index in [2.05, 4.69) is 10.6 Å². The highest BCUT2D eigenvalue weighted by molar-refractivity contribution is 7.80. The van der Waals surface area contributed by atoms with Gasteiger partial charge in [-0.3, -0.25) is 10.1 Å². The van der Waals surface area contributed by atoms with Crippen LogP contribution in [0.1, 0.15) is 23.7 Å². The first-order chi connectivity index (χ1) is 11.1. The largest absolute Gasteiger partial charge is 0.494 e. The van der Waals surface area contributed by atoms with Crippen molar-refractivity contribution in [2.45, 2.75) is 13.3 Å². The minimum atomic E-state index is -0.384. The van der Waals surface area contributed by atoms with Crippen molar-refractivity contribution < 1.29 is 13.9 Å². The van der Waals surface area contributed by atoms with Gasteiger partial charge in [-0.25, -0.2) is 4.39 Å². The molecule has 0 saturated carbocycles. The third kappa shape index (κ3) is 5.34. The van der Waals surface area contributed by atoms with Crippen LogP contribution >= 0.6 is 12.2 Å². The third-order valence-corrected chi connectivity index (χ3v) is 3.08. The van der Waals surface area contributed by atoms with E-state index in [9.17, 15) is 9.18 Å². The van der Waals surface area contributed by atoms with E-state index < -0.39 is 0 Å². The fourth-order valence-electron chi connectivity index (χ4n) is 1.85. The van der Waals surface area contributed by atoms with Gasteiger partial charge in [0.1, 0.15) is 11.6 Å². The molecule has 0 heterocycles. The van der Waals surface area contributed by atoms with Crippen LogP contribution in [-0.4, -0.2) is 17.6 Å². The highest BCUT2D eigenvalue weighted by Gasteiger charge is 2.09. The summed E-state index contributed by atoms with van der Waals surface area (Å²) in [6.45, 7) is 2.59. The van der Waals surface area contributed by atoms with Crippen molar-refractivity contribution in [3.63, 3.8) is 0 Å². The van der Waals surface area contributed by atoms with Crippen LogP contribution in [0.4, 0.5) is 10.1 Å². The first-order valence-corrected chi connectivity index (χ1v) is 7.60. The molecule has 2 aromatic carbocycles. The molecule has 120 valence electrons. The predicted molar refractivity (Wildman–Crippen MR) is 92.3 cm³/mol. The number of carbonyl (C=O) groups is 1. The van der Waals surface area contributed by atoms with Crippen LogP contribution in [0.3, 0.4) is 0 Å². The molecule has 2 N–H and O–H groups in total. The number of ether oxygens (including phenoxy) is 1. The van der Waals surface area contributed by atoms with E-state index in [0.29, 0.717) is 23.6 Å². The quantitative estimate of drug-likeness (QED) is 0.819. The topological polar surface area (TPSA) is 50.4 Å². The summed E-state index contributed by atoms with van der Waals surface area (Å²) in [4.78, 5) is 12.2. The molecule has 1 amide bonds. The molecule has 2 aromatic rings. The Hall–Kier alpha value is -2.47. The molecule has 0 bridgehead atoms. The maximum atomic E-state index is 13.1. The maximum Gasteiger partial charge on any atom is 0.257 e. The molecular weight excluding hydrogens is 315 g/mol. The first-order valence-electron chi connectivity index (χ1n) is 7.19. The lowest BCUT2D eigenvalue weighted by atomic mass is 10.2. The van der Waals surface area contributed by atoms with Crippen molar-refractivity contribution >= 4 is 28.9 Å². The Morgan fingerprint density at radius 1 is 1.22 bits per heavy atom. The maximum absolute atomic E-state index is 13.1. The van der Waals surface area contributed by atoms with Crippen molar-refractivity contribution in [1.29, 1.82) is 0 Å². The van der Waals surface area contributed by atoms with E-state index in [0.717, 1.165) is 6.42 Å². The number of hydrogen-bond donors (Lipinski definition) is 2. The smallest absolute Gasteiger partial charge is 0.257 e. The molecule has 23 heavy (non-hydrogen) atoms. The van der Waals surface area contributed by atoms with Gasteiger partial charge < -0.3 is 10.1 Å². The normalized spacial score (nSPS) is 10.0. The Bertz CT molecular complexity index is 706. The molecule has 0 spiro atoms. The molecule has 2 rings (SSSR count). The van der Waals surface area contributed by atoms with E-state index in [-0.39, 0.29) is 16.8 Å². The van der Waals surface area contributed by atoms with Crippen LogP contribution in [-0.2, 0) is 0 Å². The SMILES string of the molecule is CCCOc1cccc(C(=O)NC(=S)Nc2cccc(F)c2)c1. The second kappa shape index (κ2) is 8.24. The van der Waals surface area contributed by atoms with Crippen LogP contribution in [0.15, 0.2) is 48.5 Å². The van der Waals surface area contributed by atoms with E-state index in [1.807, 2.05) is 6.92 Å². The Morgan fingerprint density at radius 3 is 2.74 bits per heavy atom. The summed E-state index contributed by atoms with van der Waals surface area (Å²) in [5.41, 5.74) is 0.900. The summed E-state index contributed by atoms with van der Waals surface area (Å²) in [5.74, 6) is -0.116. The van der Waals surface area contributed by atoms with E-state index in [1.54, 1.807) is 36.4 Å². The molecule has 0 aliphatic rings. The zero-order valence-electron chi connectivity index (χ0n) is 12.6. The second-order valence-corrected chi connectivity index (χ2v) is 5.20. The highest BCUT2D eigenvalue weighted by atomic mass is 32.1. The van der Waals surface area contributed by atoms with E-state index in [1.165, 1.54) is 12.1 Å². The summed E-state index contributed by atoms with van der Waals surface area (Å²) in [6.07, 6.45) is 0.887. The Morgan fingerprint density at radius 2 is 2.00 bits per heavy atom. The van der Waals surface area contributed by atoms with Gasteiger partial charge in [-0.05, 0) is 55.0 Å². The summed E-state index contributed by atoms with van der Waals surface area (Å²) in [6, 6.07) is 12.7. The van der Waals surface area contributed by atoms with Gasteiger partial charge in [-0.1, -0.05) is 19.1 Å². The van der Waals surface area contributed by atoms with Gasteiger partial charge in [0.05, 0.1) is 6.61 Å². The standard InChI is InChI=1S/C17H17FN2O2S/c1-2-9-22-15-8-3-5-12(10-15)16(21)20-17(23)19-14-7-4-6-13(18)11-14/h3-8,10-11H,2,9H2,1H3,(H2,19,20,21,23). The number of anilines is 1. The summed E-state index contributed by atoms with van der Waals surface area (Å²) in [5, 5.41) is 5.41. The number of halogens is 1. The monoisotopic (exact) mass is 332 g/mol. The highest BCUT2D eigenvalue weighted by Crippen LogP contribution is 2.14. The minimum absolute atomic E-state index is 0.0977. The molecule has 0 aliphatic heterocycles. The first kappa shape index (κ1) is 16.9. The molecule has 0 atom stereocenters. The summed E-state index contributed by atoms with van der Waals surface area (Å²) in [7, 11) is 0. The van der Waals surface area contributed by atoms with Crippen molar-refractivity contribution in [3.05, 3.63) is 59.9 Å². The van der Waals surface area contributed by atoms with Gasteiger partial charge >= 0.3 is 0 Å². The van der Waals surface area contributed by atoms with Gasteiger partial charge in [0.15, 0.2) is 5.11 Å². The average Bonchev–Trinajstić information content (AvgIpc) is 2.53. The lowest BCUT2D eigenvalue weighted by Gasteiger charge is -2.10. The van der Waals surface area contributed by atoms with Crippen LogP contribution in [0.2, 0.25) is 0 Å². The number of rotatable bonds is 5. The average molecular weight is 332 g/mol. The van der Waals surface area contributed by atoms with Crippen LogP contribution < -0.4 is 15.4 Å². The number of nitrogens with one attached hydrogen (secondary N) is 2. The van der Waals surface area contributed by atoms with E-state index >= 15 is 0 Å². The zero-order valence-corrected chi connectivity index (χ0v) is 13.5. The van der Waals surface area contributed by atoms with Gasteiger partial charge in [0.2, 0.25) is 0 Å². The molecule has 0 fully saturated rings. The lowest BCUT2D eigenvalue weighted by Crippen LogP contribution is -2.34. The molecule has 0 radical (unpaired) electrons. The molecule has 6 heteroatoms. The number of thiocarbonyl (C=S) groups is 1. The van der Waals surface area contributed by atoms with Crippen molar-refractivity contribution in [1.82, 2.24) is 5.32 Å². The minimum Gasteiger partial charge on any atom is -0.494 e. The number of hydrogen-bond acceptors (Lipinski definition) is 3. The number of carbonyl (C=O) groups excluding carboxylic acids is 1. The Balaban J connectivity index is 1.97. The van der Waals surface area contributed by atoms with Crippen LogP contribution in [0, 0.1) is 5.82 Å². The predicted octanol–water partition coefficient (Wildman–Crippen LogP) is 3.74. The lowest BCUT2D eigenvalue weighted by molar-refractivity contribution is 0.0977. The fraction of sp³-hybridized carbons (Fsp3) is 0.176. The second-order valence-electron chi connectivity index (χ2n) is 4.79.